The van der Waals surface area contributed by atoms with Crippen LogP contribution in [0.1, 0.15) is 53.6 Å². The third kappa shape index (κ3) is 7.14. The van der Waals surface area contributed by atoms with Crippen LogP contribution in [-0.2, 0) is 35.1 Å². The molecular weight excluding hydrogens is 486 g/mol. The summed E-state index contributed by atoms with van der Waals surface area (Å²) in [5.74, 6) is -2.00. The zero-order chi connectivity index (χ0) is 25.8. The lowest BCUT2D eigenvalue weighted by atomic mass is 10.1. The molecule has 0 radical (unpaired) electrons. The topological polar surface area (TPSA) is 73.2 Å². The van der Waals surface area contributed by atoms with E-state index in [-0.39, 0.29) is 41.9 Å². The average molecular weight is 512 g/mol. The molecule has 6 nitrogen and oxygen atoms in total. The third-order valence-corrected chi connectivity index (χ3v) is 5.73. The number of esters is 1. The van der Waals surface area contributed by atoms with E-state index in [1.54, 1.807) is 24.6 Å². The molecule has 11 heteroatoms. The summed E-state index contributed by atoms with van der Waals surface area (Å²) in [6.07, 6.45) is -2.49. The molecule has 188 valence electrons. The van der Waals surface area contributed by atoms with Gasteiger partial charge in [-0.3, -0.25) is 14.9 Å². The zero-order valence-electron chi connectivity index (χ0n) is 19.4. The standard InChI is InChI=1S/C24H25F4N3O3S/c1-4-34-21(32)10-17-13-35-23(29-17)30-22(33)20-9-16(7-14(2)3)12-31(20)11-15-5-6-19(25)18(8-15)24(26,27)28/h5-6,8-9,12-14H,4,7,10-11H2,1-3H3,(H,29,30,33). The summed E-state index contributed by atoms with van der Waals surface area (Å²) in [7, 11) is 0. The van der Waals surface area contributed by atoms with Crippen molar-refractivity contribution in [2.75, 3.05) is 11.9 Å². The Labute approximate surface area is 203 Å². The largest absolute Gasteiger partial charge is 0.466 e. The number of rotatable bonds is 9. The number of amides is 1. The molecule has 0 atom stereocenters. The number of alkyl halides is 3. The second-order valence-corrected chi connectivity index (χ2v) is 9.21. The van der Waals surface area contributed by atoms with E-state index >= 15 is 0 Å². The summed E-state index contributed by atoms with van der Waals surface area (Å²) in [6, 6.07) is 4.46. The van der Waals surface area contributed by atoms with Gasteiger partial charge in [0.1, 0.15) is 11.5 Å². The van der Waals surface area contributed by atoms with Gasteiger partial charge in [-0.2, -0.15) is 13.2 Å². The highest BCUT2D eigenvalue weighted by molar-refractivity contribution is 7.14. The van der Waals surface area contributed by atoms with E-state index in [2.05, 4.69) is 10.3 Å². The Balaban J connectivity index is 1.84. The number of hydrogen-bond acceptors (Lipinski definition) is 5. The smallest absolute Gasteiger partial charge is 0.419 e. The Morgan fingerprint density at radius 2 is 1.94 bits per heavy atom. The molecule has 0 saturated heterocycles. The Morgan fingerprint density at radius 1 is 1.20 bits per heavy atom. The second-order valence-electron chi connectivity index (χ2n) is 8.35. The number of aromatic nitrogens is 2. The van der Waals surface area contributed by atoms with Crippen LogP contribution in [0.25, 0.3) is 0 Å². The third-order valence-electron chi connectivity index (χ3n) is 4.92. The van der Waals surface area contributed by atoms with Gasteiger partial charge in [0.15, 0.2) is 5.13 Å². The summed E-state index contributed by atoms with van der Waals surface area (Å²) in [6.45, 7) is 5.90. The highest BCUT2D eigenvalue weighted by atomic mass is 32.1. The van der Waals surface area contributed by atoms with Crippen LogP contribution < -0.4 is 5.32 Å². The van der Waals surface area contributed by atoms with E-state index in [0.29, 0.717) is 12.1 Å². The Bertz CT molecular complexity index is 1200. The molecule has 0 aliphatic heterocycles. The number of benzene rings is 1. The SMILES string of the molecule is CCOC(=O)Cc1csc(NC(=O)c2cc(CC(C)C)cn2Cc2ccc(F)c(C(F)(F)F)c2)n1. The second kappa shape index (κ2) is 11.0. The van der Waals surface area contributed by atoms with Gasteiger partial charge in [0.25, 0.3) is 5.91 Å². The number of thiazole rings is 1. The van der Waals surface area contributed by atoms with Crippen molar-refractivity contribution in [1.29, 1.82) is 0 Å². The Hall–Kier alpha value is -3.21. The van der Waals surface area contributed by atoms with Crippen molar-refractivity contribution in [1.82, 2.24) is 9.55 Å². The highest BCUT2D eigenvalue weighted by Crippen LogP contribution is 2.32. The van der Waals surface area contributed by atoms with Gasteiger partial charge in [-0.05, 0) is 48.6 Å². The molecule has 0 spiro atoms. The molecule has 2 aromatic heterocycles. The number of nitrogens with one attached hydrogen (secondary N) is 1. The molecule has 2 heterocycles. The van der Waals surface area contributed by atoms with E-state index < -0.39 is 29.4 Å². The number of ether oxygens (including phenoxy) is 1. The van der Waals surface area contributed by atoms with Crippen LogP contribution >= 0.6 is 11.3 Å². The van der Waals surface area contributed by atoms with Gasteiger partial charge in [0.05, 0.1) is 24.3 Å². The maximum absolute atomic E-state index is 13.7. The molecule has 1 N–H and O–H groups in total. The zero-order valence-corrected chi connectivity index (χ0v) is 20.2. The first kappa shape index (κ1) is 26.4. The minimum absolute atomic E-state index is 0.0266. The summed E-state index contributed by atoms with van der Waals surface area (Å²) >= 11 is 1.14. The number of carbonyl (C=O) groups is 2. The number of nitrogens with zero attached hydrogens (tertiary/aromatic N) is 2. The van der Waals surface area contributed by atoms with Crippen molar-refractivity contribution in [3.05, 3.63) is 69.7 Å². The van der Waals surface area contributed by atoms with Crippen LogP contribution in [0.4, 0.5) is 22.7 Å². The molecule has 3 rings (SSSR count). The molecule has 3 aromatic rings. The molecule has 1 aromatic carbocycles. The van der Waals surface area contributed by atoms with Crippen LogP contribution in [0, 0.1) is 11.7 Å². The maximum atomic E-state index is 13.7. The average Bonchev–Trinajstić information content (AvgIpc) is 3.34. The molecule has 35 heavy (non-hydrogen) atoms. The lowest BCUT2D eigenvalue weighted by Crippen LogP contribution is -2.17. The molecule has 0 unspecified atom stereocenters. The van der Waals surface area contributed by atoms with Crippen molar-refractivity contribution in [3.8, 4) is 0 Å². The fourth-order valence-electron chi connectivity index (χ4n) is 3.53. The van der Waals surface area contributed by atoms with Gasteiger partial charge in [-0.25, -0.2) is 9.37 Å². The predicted molar refractivity (Wildman–Crippen MR) is 124 cm³/mol. The lowest BCUT2D eigenvalue weighted by molar-refractivity contribution is -0.142. The van der Waals surface area contributed by atoms with E-state index in [4.69, 9.17) is 4.74 Å². The summed E-state index contributed by atoms with van der Waals surface area (Å²) in [5, 5.41) is 4.58. The van der Waals surface area contributed by atoms with Gasteiger partial charge in [-0.1, -0.05) is 19.9 Å². The quantitative estimate of drug-likeness (QED) is 0.295. The number of halogens is 4. The summed E-state index contributed by atoms with van der Waals surface area (Å²) < 4.78 is 59.6. The first-order chi connectivity index (χ1) is 16.5. The first-order valence-electron chi connectivity index (χ1n) is 10.9. The van der Waals surface area contributed by atoms with Crippen LogP contribution in [0.5, 0.6) is 0 Å². The number of hydrogen-bond donors (Lipinski definition) is 1. The minimum atomic E-state index is -4.83. The molecule has 0 saturated carbocycles. The van der Waals surface area contributed by atoms with E-state index in [0.717, 1.165) is 29.0 Å². The van der Waals surface area contributed by atoms with Crippen molar-refractivity contribution >= 4 is 28.3 Å². The molecule has 0 fully saturated rings. The Kier molecular flexibility index (Phi) is 8.31. The van der Waals surface area contributed by atoms with Crippen molar-refractivity contribution in [3.63, 3.8) is 0 Å². The Morgan fingerprint density at radius 3 is 2.60 bits per heavy atom. The van der Waals surface area contributed by atoms with Crippen LogP contribution in [0.2, 0.25) is 0 Å². The number of carbonyl (C=O) groups excluding carboxylic acids is 2. The molecule has 1 amide bonds. The van der Waals surface area contributed by atoms with Crippen molar-refractivity contribution in [2.24, 2.45) is 5.92 Å². The minimum Gasteiger partial charge on any atom is -0.466 e. The lowest BCUT2D eigenvalue weighted by Gasteiger charge is -2.12. The summed E-state index contributed by atoms with van der Waals surface area (Å²) in [4.78, 5) is 28.9. The van der Waals surface area contributed by atoms with Crippen LogP contribution in [-0.4, -0.2) is 28.0 Å². The van der Waals surface area contributed by atoms with Gasteiger partial charge < -0.3 is 9.30 Å². The molecular formula is C24H25F4N3O3S. The summed E-state index contributed by atoms with van der Waals surface area (Å²) in [5.41, 5.74) is 0.356. The first-order valence-corrected chi connectivity index (χ1v) is 11.8. The van der Waals surface area contributed by atoms with Gasteiger partial charge in [0, 0.05) is 18.1 Å². The van der Waals surface area contributed by atoms with Crippen molar-refractivity contribution in [2.45, 2.75) is 46.3 Å². The van der Waals surface area contributed by atoms with E-state index in [9.17, 15) is 27.2 Å². The fraction of sp³-hybridized carbons (Fsp3) is 0.375. The molecule has 0 bridgehead atoms. The predicted octanol–water partition coefficient (Wildman–Crippen LogP) is 5.71. The molecule has 0 aliphatic carbocycles. The van der Waals surface area contributed by atoms with Gasteiger partial charge >= 0.3 is 12.1 Å². The highest BCUT2D eigenvalue weighted by Gasteiger charge is 2.34. The fourth-order valence-corrected chi connectivity index (χ4v) is 4.23. The number of anilines is 1. The van der Waals surface area contributed by atoms with E-state index in [1.807, 2.05) is 13.8 Å². The van der Waals surface area contributed by atoms with Gasteiger partial charge in [0.2, 0.25) is 0 Å². The van der Waals surface area contributed by atoms with Crippen molar-refractivity contribution < 1.29 is 31.9 Å². The monoisotopic (exact) mass is 511 g/mol. The van der Waals surface area contributed by atoms with Crippen LogP contribution in [0.15, 0.2) is 35.8 Å². The van der Waals surface area contributed by atoms with E-state index in [1.165, 1.54) is 10.6 Å². The van der Waals surface area contributed by atoms with Crippen LogP contribution in [0.3, 0.4) is 0 Å². The maximum Gasteiger partial charge on any atom is 0.419 e. The van der Waals surface area contributed by atoms with Gasteiger partial charge in [-0.15, -0.1) is 11.3 Å². The normalized spacial score (nSPS) is 11.7. The molecule has 0 aliphatic rings.